The van der Waals surface area contributed by atoms with Gasteiger partial charge in [-0.25, -0.2) is 0 Å². The number of rotatable bonds is 11. The van der Waals surface area contributed by atoms with Crippen molar-refractivity contribution in [2.75, 3.05) is 32.9 Å². The van der Waals surface area contributed by atoms with Crippen molar-refractivity contribution in [2.45, 2.75) is 39.7 Å². The first-order chi connectivity index (χ1) is 10.7. The van der Waals surface area contributed by atoms with Crippen molar-refractivity contribution in [3.8, 4) is 0 Å². The van der Waals surface area contributed by atoms with Gasteiger partial charge >= 0.3 is 0 Å². The predicted molar refractivity (Wildman–Crippen MR) is 86.7 cm³/mol. The van der Waals surface area contributed by atoms with E-state index in [0.29, 0.717) is 26.4 Å². The van der Waals surface area contributed by atoms with Gasteiger partial charge in [0.15, 0.2) is 0 Å². The van der Waals surface area contributed by atoms with Crippen LogP contribution in [0.15, 0.2) is 24.4 Å². The average Bonchev–Trinajstić information content (AvgIpc) is 2.55. The van der Waals surface area contributed by atoms with Crippen LogP contribution < -0.4 is 0 Å². The van der Waals surface area contributed by atoms with Crippen molar-refractivity contribution < 1.29 is 14.3 Å². The number of carbonyl (C=O) groups excluding carboxylic acids is 1. The molecule has 0 saturated carbocycles. The van der Waals surface area contributed by atoms with Crippen LogP contribution in [0.3, 0.4) is 0 Å². The first-order valence-electron chi connectivity index (χ1n) is 8.07. The number of pyridine rings is 1. The summed E-state index contributed by atoms with van der Waals surface area (Å²) in [5.74, 6) is 0.0364. The minimum atomic E-state index is -0.435. The van der Waals surface area contributed by atoms with E-state index in [1.165, 1.54) is 0 Å². The molecule has 0 aromatic carbocycles. The molecule has 22 heavy (non-hydrogen) atoms. The Bertz CT molecular complexity index is 412. The van der Waals surface area contributed by atoms with E-state index >= 15 is 0 Å². The first kappa shape index (κ1) is 18.6. The summed E-state index contributed by atoms with van der Waals surface area (Å²) >= 11 is 0. The molecule has 0 aliphatic rings. The molecule has 1 rings (SSSR count). The molecule has 1 atom stereocenters. The number of amides is 1. The van der Waals surface area contributed by atoms with Crippen LogP contribution in [0.2, 0.25) is 0 Å². The summed E-state index contributed by atoms with van der Waals surface area (Å²) in [6.45, 7) is 8.86. The first-order valence-corrected chi connectivity index (χ1v) is 8.07. The number of carbonyl (C=O) groups is 1. The van der Waals surface area contributed by atoms with E-state index in [4.69, 9.17) is 9.47 Å². The van der Waals surface area contributed by atoms with E-state index in [1.807, 2.05) is 30.0 Å². The van der Waals surface area contributed by atoms with Crippen LogP contribution in [0.1, 0.15) is 32.9 Å². The van der Waals surface area contributed by atoms with Crippen molar-refractivity contribution in [3.63, 3.8) is 0 Å². The monoisotopic (exact) mass is 308 g/mol. The maximum absolute atomic E-state index is 12.5. The quantitative estimate of drug-likeness (QED) is 0.589. The fourth-order valence-corrected chi connectivity index (χ4v) is 2.15. The van der Waals surface area contributed by atoms with Gasteiger partial charge in [-0.2, -0.15) is 0 Å². The molecule has 0 aliphatic heterocycles. The normalized spacial score (nSPS) is 12.1. The highest BCUT2D eigenvalue weighted by Gasteiger charge is 2.20. The van der Waals surface area contributed by atoms with Gasteiger partial charge in [-0.15, -0.1) is 0 Å². The average molecular weight is 308 g/mol. The second kappa shape index (κ2) is 11.2. The fraction of sp³-hybridized carbons (Fsp3) is 0.647. The van der Waals surface area contributed by atoms with Crippen molar-refractivity contribution in [3.05, 3.63) is 30.1 Å². The lowest BCUT2D eigenvalue weighted by Crippen LogP contribution is -2.41. The molecule has 1 aromatic heterocycles. The van der Waals surface area contributed by atoms with Gasteiger partial charge in [-0.3, -0.25) is 9.78 Å². The molecule has 1 amide bonds. The molecule has 0 radical (unpaired) electrons. The lowest BCUT2D eigenvalue weighted by atomic mass is 10.2. The van der Waals surface area contributed by atoms with Crippen LogP contribution in [0.4, 0.5) is 0 Å². The smallest absolute Gasteiger partial charge is 0.251 e. The van der Waals surface area contributed by atoms with Gasteiger partial charge in [0.1, 0.15) is 6.10 Å². The molecule has 0 saturated heterocycles. The minimum Gasteiger partial charge on any atom is -0.379 e. The maximum atomic E-state index is 12.5. The molecule has 0 bridgehead atoms. The molecule has 0 fully saturated rings. The van der Waals surface area contributed by atoms with Crippen molar-refractivity contribution in [1.29, 1.82) is 0 Å². The summed E-state index contributed by atoms with van der Waals surface area (Å²) in [4.78, 5) is 18.6. The van der Waals surface area contributed by atoms with Crippen molar-refractivity contribution in [2.24, 2.45) is 0 Å². The Labute approximate surface area is 133 Å². The highest BCUT2D eigenvalue weighted by Crippen LogP contribution is 2.04. The molecule has 0 unspecified atom stereocenters. The van der Waals surface area contributed by atoms with Gasteiger partial charge in [0, 0.05) is 38.0 Å². The molecule has 1 heterocycles. The summed E-state index contributed by atoms with van der Waals surface area (Å²) in [7, 11) is 0. The van der Waals surface area contributed by atoms with E-state index in [0.717, 1.165) is 25.1 Å². The highest BCUT2D eigenvalue weighted by atomic mass is 16.5. The van der Waals surface area contributed by atoms with Crippen molar-refractivity contribution in [1.82, 2.24) is 9.88 Å². The Kier molecular flexibility index (Phi) is 9.42. The topological polar surface area (TPSA) is 51.7 Å². The second-order valence-electron chi connectivity index (χ2n) is 5.11. The van der Waals surface area contributed by atoms with Gasteiger partial charge in [0.05, 0.1) is 13.2 Å². The van der Waals surface area contributed by atoms with E-state index in [2.05, 4.69) is 11.9 Å². The minimum absolute atomic E-state index is 0.0364. The second-order valence-corrected chi connectivity index (χ2v) is 5.11. The fourth-order valence-electron chi connectivity index (χ4n) is 2.15. The van der Waals surface area contributed by atoms with Crippen molar-refractivity contribution >= 4 is 5.91 Å². The van der Waals surface area contributed by atoms with Crippen LogP contribution in [0, 0.1) is 0 Å². The standard InChI is InChI=1S/C17H28N2O3/c1-4-11-19(12-9-16-8-6-7-10-18-16)17(20)15(3)22-14-13-21-5-2/h6-8,10,15H,4-5,9,11-14H2,1-3H3/t15-/m1/s1. The van der Waals surface area contributed by atoms with E-state index in [-0.39, 0.29) is 5.91 Å². The number of nitrogens with zero attached hydrogens (tertiary/aromatic N) is 2. The zero-order valence-electron chi connectivity index (χ0n) is 14.0. The largest absolute Gasteiger partial charge is 0.379 e. The SMILES string of the molecule is CCCN(CCc1ccccn1)C(=O)[C@@H](C)OCCOCC. The predicted octanol–water partition coefficient (Wildman–Crippen LogP) is 2.30. The highest BCUT2D eigenvalue weighted by molar-refractivity contribution is 5.80. The van der Waals surface area contributed by atoms with Gasteiger partial charge in [-0.1, -0.05) is 13.0 Å². The third-order valence-electron chi connectivity index (χ3n) is 3.32. The lowest BCUT2D eigenvalue weighted by Gasteiger charge is -2.25. The molecular weight excluding hydrogens is 280 g/mol. The van der Waals surface area contributed by atoms with Gasteiger partial charge in [-0.05, 0) is 32.4 Å². The van der Waals surface area contributed by atoms with Gasteiger partial charge in [0.2, 0.25) is 0 Å². The Morgan fingerprint density at radius 3 is 2.73 bits per heavy atom. The van der Waals surface area contributed by atoms with Crippen LogP contribution in [-0.2, 0) is 20.7 Å². The van der Waals surface area contributed by atoms with E-state index in [9.17, 15) is 4.79 Å². The lowest BCUT2D eigenvalue weighted by molar-refractivity contribution is -0.143. The molecule has 0 aliphatic carbocycles. The molecule has 5 nitrogen and oxygen atoms in total. The van der Waals surface area contributed by atoms with Crippen LogP contribution >= 0.6 is 0 Å². The third-order valence-corrected chi connectivity index (χ3v) is 3.32. The summed E-state index contributed by atoms with van der Waals surface area (Å²) in [6, 6.07) is 5.84. The maximum Gasteiger partial charge on any atom is 0.251 e. The molecule has 0 spiro atoms. The van der Waals surface area contributed by atoms with Crippen LogP contribution in [0.5, 0.6) is 0 Å². The number of hydrogen-bond acceptors (Lipinski definition) is 4. The zero-order chi connectivity index (χ0) is 16.2. The Morgan fingerprint density at radius 1 is 1.27 bits per heavy atom. The number of ether oxygens (including phenoxy) is 2. The molecule has 1 aromatic rings. The molecule has 5 heteroatoms. The van der Waals surface area contributed by atoms with E-state index in [1.54, 1.807) is 13.1 Å². The Morgan fingerprint density at radius 2 is 2.09 bits per heavy atom. The Hall–Kier alpha value is -1.46. The number of aromatic nitrogens is 1. The van der Waals surface area contributed by atoms with Crippen LogP contribution in [0.25, 0.3) is 0 Å². The summed E-state index contributed by atoms with van der Waals surface area (Å²) in [5.41, 5.74) is 1.00. The Balaban J connectivity index is 2.44. The zero-order valence-corrected chi connectivity index (χ0v) is 14.0. The third kappa shape index (κ3) is 7.00. The number of hydrogen-bond donors (Lipinski definition) is 0. The summed E-state index contributed by atoms with van der Waals surface area (Å²) < 4.78 is 10.8. The van der Waals surface area contributed by atoms with Gasteiger partial charge in [0.25, 0.3) is 5.91 Å². The van der Waals surface area contributed by atoms with Crippen LogP contribution in [-0.4, -0.2) is 54.8 Å². The molecule has 124 valence electrons. The summed E-state index contributed by atoms with van der Waals surface area (Å²) in [6.07, 6.45) is 3.04. The summed E-state index contributed by atoms with van der Waals surface area (Å²) in [5, 5.41) is 0. The molecular formula is C17H28N2O3. The van der Waals surface area contributed by atoms with E-state index < -0.39 is 6.10 Å². The molecule has 0 N–H and O–H groups in total. The van der Waals surface area contributed by atoms with Gasteiger partial charge < -0.3 is 14.4 Å².